The van der Waals surface area contributed by atoms with Crippen LogP contribution in [0, 0.1) is 0 Å². The lowest BCUT2D eigenvalue weighted by atomic mass is 9.92. The highest BCUT2D eigenvalue weighted by atomic mass is 19.4. The Kier molecular flexibility index (Phi) is 7.10. The van der Waals surface area contributed by atoms with Crippen LogP contribution in [0.4, 0.5) is 13.2 Å². The molecule has 0 spiro atoms. The monoisotopic (exact) mass is 283 g/mol. The molecule has 1 rings (SSSR count). The molecule has 3 atom stereocenters. The number of halogens is 3. The molecule has 3 nitrogen and oxygen atoms in total. The Morgan fingerprint density at radius 1 is 1.32 bits per heavy atom. The van der Waals surface area contributed by atoms with Gasteiger partial charge in [-0.05, 0) is 39.0 Å². The van der Waals surface area contributed by atoms with E-state index in [9.17, 15) is 13.2 Å². The molecule has 6 heteroatoms. The molecule has 0 radical (unpaired) electrons. The Balaban J connectivity index is 2.25. The first-order valence-electron chi connectivity index (χ1n) is 6.84. The van der Waals surface area contributed by atoms with E-state index in [1.54, 1.807) is 7.11 Å². The van der Waals surface area contributed by atoms with Gasteiger partial charge in [-0.15, -0.1) is 0 Å². The third-order valence-electron chi connectivity index (χ3n) is 3.38. The normalized spacial score (nSPS) is 26.4. The summed E-state index contributed by atoms with van der Waals surface area (Å²) in [5.74, 6) is 0. The van der Waals surface area contributed by atoms with Crippen LogP contribution in [0.15, 0.2) is 0 Å². The molecule has 3 unspecified atom stereocenters. The van der Waals surface area contributed by atoms with E-state index in [0.29, 0.717) is 19.1 Å². The van der Waals surface area contributed by atoms with Gasteiger partial charge in [0, 0.05) is 25.8 Å². The standard InChI is InChI=1S/C13H24F3NO2/c1-10(6-7-18-2)17-11-4-3-5-12(8-11)19-9-13(14,15)16/h10-12,17H,3-9H2,1-2H3. The van der Waals surface area contributed by atoms with Gasteiger partial charge in [0.15, 0.2) is 0 Å². The van der Waals surface area contributed by atoms with Crippen molar-refractivity contribution in [3.8, 4) is 0 Å². The lowest BCUT2D eigenvalue weighted by Crippen LogP contribution is -2.42. The number of nitrogens with one attached hydrogen (secondary N) is 1. The highest BCUT2D eigenvalue weighted by Gasteiger charge is 2.31. The fourth-order valence-electron chi connectivity index (χ4n) is 2.44. The summed E-state index contributed by atoms with van der Waals surface area (Å²) < 4.78 is 46.3. The smallest absolute Gasteiger partial charge is 0.385 e. The third-order valence-corrected chi connectivity index (χ3v) is 3.38. The summed E-state index contributed by atoms with van der Waals surface area (Å²) in [5.41, 5.74) is 0. The summed E-state index contributed by atoms with van der Waals surface area (Å²) >= 11 is 0. The number of rotatable bonds is 7. The van der Waals surface area contributed by atoms with Crippen LogP contribution in [0.2, 0.25) is 0 Å². The number of hydrogen-bond donors (Lipinski definition) is 1. The Hall–Kier alpha value is -0.330. The van der Waals surface area contributed by atoms with Gasteiger partial charge in [0.2, 0.25) is 0 Å². The molecule has 0 aromatic carbocycles. The van der Waals surface area contributed by atoms with Gasteiger partial charge in [-0.25, -0.2) is 0 Å². The average molecular weight is 283 g/mol. The Bertz CT molecular complexity index is 249. The largest absolute Gasteiger partial charge is 0.411 e. The van der Waals surface area contributed by atoms with Crippen LogP contribution < -0.4 is 5.32 Å². The zero-order valence-corrected chi connectivity index (χ0v) is 11.6. The van der Waals surface area contributed by atoms with E-state index < -0.39 is 12.8 Å². The molecule has 1 aliphatic rings. The predicted molar refractivity (Wildman–Crippen MR) is 67.1 cm³/mol. The second-order valence-electron chi connectivity index (χ2n) is 5.26. The zero-order chi connectivity index (χ0) is 14.3. The van der Waals surface area contributed by atoms with Crippen molar-refractivity contribution in [1.29, 1.82) is 0 Å². The van der Waals surface area contributed by atoms with Crippen LogP contribution in [-0.4, -0.2) is 44.7 Å². The topological polar surface area (TPSA) is 30.5 Å². The maximum atomic E-state index is 12.1. The molecular formula is C13H24F3NO2. The molecule has 0 saturated heterocycles. The van der Waals surface area contributed by atoms with E-state index in [1.807, 2.05) is 0 Å². The van der Waals surface area contributed by atoms with E-state index in [4.69, 9.17) is 9.47 Å². The maximum Gasteiger partial charge on any atom is 0.411 e. The molecule has 1 fully saturated rings. The lowest BCUT2D eigenvalue weighted by Gasteiger charge is -2.32. The summed E-state index contributed by atoms with van der Waals surface area (Å²) in [6.07, 6.45) is -0.302. The molecule has 0 bridgehead atoms. The van der Waals surface area contributed by atoms with Crippen LogP contribution in [0.25, 0.3) is 0 Å². The van der Waals surface area contributed by atoms with Gasteiger partial charge in [0.05, 0.1) is 6.10 Å². The summed E-state index contributed by atoms with van der Waals surface area (Å²) in [7, 11) is 1.66. The van der Waals surface area contributed by atoms with E-state index in [2.05, 4.69) is 12.2 Å². The van der Waals surface area contributed by atoms with Crippen LogP contribution in [0.1, 0.15) is 39.0 Å². The maximum absolute atomic E-state index is 12.1. The van der Waals surface area contributed by atoms with E-state index in [0.717, 1.165) is 25.7 Å². The van der Waals surface area contributed by atoms with Crippen LogP contribution in [0.3, 0.4) is 0 Å². The predicted octanol–water partition coefficient (Wildman–Crippen LogP) is 2.89. The second kappa shape index (κ2) is 8.07. The van der Waals surface area contributed by atoms with E-state index >= 15 is 0 Å². The van der Waals surface area contributed by atoms with Crippen molar-refractivity contribution in [3.05, 3.63) is 0 Å². The van der Waals surface area contributed by atoms with Gasteiger partial charge in [-0.1, -0.05) is 0 Å². The molecule has 0 aromatic rings. The van der Waals surface area contributed by atoms with Gasteiger partial charge in [-0.3, -0.25) is 0 Å². The summed E-state index contributed by atoms with van der Waals surface area (Å²) in [4.78, 5) is 0. The molecule has 19 heavy (non-hydrogen) atoms. The molecule has 0 aliphatic heterocycles. The number of methoxy groups -OCH3 is 1. The first-order valence-corrected chi connectivity index (χ1v) is 6.84. The molecule has 0 heterocycles. The van der Waals surface area contributed by atoms with Gasteiger partial charge >= 0.3 is 6.18 Å². The molecular weight excluding hydrogens is 259 g/mol. The SMILES string of the molecule is COCCC(C)NC1CCCC(OCC(F)(F)F)C1. The first-order chi connectivity index (χ1) is 8.90. The first kappa shape index (κ1) is 16.7. The van der Waals surface area contributed by atoms with E-state index in [-0.39, 0.29) is 12.1 Å². The van der Waals surface area contributed by atoms with Crippen molar-refractivity contribution in [2.45, 2.75) is 63.4 Å². The van der Waals surface area contributed by atoms with Gasteiger partial charge < -0.3 is 14.8 Å². The molecule has 1 saturated carbocycles. The van der Waals surface area contributed by atoms with Crippen molar-refractivity contribution in [2.75, 3.05) is 20.3 Å². The minimum atomic E-state index is -4.23. The number of ether oxygens (including phenoxy) is 2. The summed E-state index contributed by atoms with van der Waals surface area (Å²) in [6.45, 7) is 1.62. The minimum Gasteiger partial charge on any atom is -0.385 e. The van der Waals surface area contributed by atoms with Gasteiger partial charge in [-0.2, -0.15) is 13.2 Å². The molecule has 1 aliphatic carbocycles. The van der Waals surface area contributed by atoms with Crippen molar-refractivity contribution in [3.63, 3.8) is 0 Å². The van der Waals surface area contributed by atoms with Crippen molar-refractivity contribution in [1.82, 2.24) is 5.32 Å². The van der Waals surface area contributed by atoms with Crippen LogP contribution in [0.5, 0.6) is 0 Å². The van der Waals surface area contributed by atoms with Gasteiger partial charge in [0.1, 0.15) is 6.61 Å². The fourth-order valence-corrected chi connectivity index (χ4v) is 2.44. The van der Waals surface area contributed by atoms with Crippen molar-refractivity contribution in [2.24, 2.45) is 0 Å². The Labute approximate surface area is 112 Å². The molecule has 0 amide bonds. The van der Waals surface area contributed by atoms with Crippen LogP contribution >= 0.6 is 0 Å². The van der Waals surface area contributed by atoms with Crippen molar-refractivity contribution >= 4 is 0 Å². The van der Waals surface area contributed by atoms with E-state index in [1.165, 1.54) is 0 Å². The molecule has 0 aromatic heterocycles. The van der Waals surface area contributed by atoms with Gasteiger partial charge in [0.25, 0.3) is 0 Å². The summed E-state index contributed by atoms with van der Waals surface area (Å²) in [5, 5.41) is 3.44. The quantitative estimate of drug-likeness (QED) is 0.779. The third kappa shape index (κ3) is 7.74. The highest BCUT2D eigenvalue weighted by molar-refractivity contribution is 4.80. The Morgan fingerprint density at radius 3 is 2.68 bits per heavy atom. The average Bonchev–Trinajstić information content (AvgIpc) is 2.33. The summed E-state index contributed by atoms with van der Waals surface area (Å²) in [6, 6.07) is 0.560. The lowest BCUT2D eigenvalue weighted by molar-refractivity contribution is -0.188. The zero-order valence-electron chi connectivity index (χ0n) is 11.6. The minimum absolute atomic E-state index is 0.249. The van der Waals surface area contributed by atoms with Crippen molar-refractivity contribution < 1.29 is 22.6 Å². The number of hydrogen-bond acceptors (Lipinski definition) is 3. The number of alkyl halides is 3. The molecule has 1 N–H and O–H groups in total. The molecule has 114 valence electrons. The second-order valence-corrected chi connectivity index (χ2v) is 5.26. The fraction of sp³-hybridized carbons (Fsp3) is 1.00. The highest BCUT2D eigenvalue weighted by Crippen LogP contribution is 2.24. The van der Waals surface area contributed by atoms with Crippen LogP contribution in [-0.2, 0) is 9.47 Å². The Morgan fingerprint density at radius 2 is 2.05 bits per heavy atom.